The fourth-order valence-electron chi connectivity index (χ4n) is 3.92. The average molecular weight is 459 g/mol. The van der Waals surface area contributed by atoms with E-state index in [0.717, 1.165) is 44.3 Å². The van der Waals surface area contributed by atoms with Crippen LogP contribution in [0.25, 0.3) is 28.1 Å². The highest BCUT2D eigenvalue weighted by Crippen LogP contribution is 2.38. The van der Waals surface area contributed by atoms with Crippen molar-refractivity contribution in [2.75, 3.05) is 0 Å². The van der Waals surface area contributed by atoms with Crippen LogP contribution >= 0.6 is 11.6 Å². The van der Waals surface area contributed by atoms with Crippen LogP contribution in [0, 0.1) is 5.82 Å². The quantitative estimate of drug-likeness (QED) is 0.227. The smallest absolute Gasteiger partial charge is 0.155 e. The van der Waals surface area contributed by atoms with Gasteiger partial charge in [-0.2, -0.15) is 5.10 Å². The molecule has 0 aliphatic rings. The zero-order valence-corrected chi connectivity index (χ0v) is 19.3. The number of ketones is 1. The minimum Gasteiger partial charge on any atom is -0.295 e. The SMILES string of the molecule is CCC(=O)/C=C/c1ccc(/C(=C(/CC)c2ccc(F)cc2Cl)c2ccc3[nH]ncc3c2)cc1. The Labute approximate surface area is 197 Å². The van der Waals surface area contributed by atoms with Gasteiger partial charge < -0.3 is 0 Å². The number of benzene rings is 3. The van der Waals surface area contributed by atoms with Crippen molar-refractivity contribution in [3.63, 3.8) is 0 Å². The molecule has 33 heavy (non-hydrogen) atoms. The molecular formula is C28H24ClFN2O. The minimum absolute atomic E-state index is 0.0901. The molecule has 0 saturated carbocycles. The molecule has 0 amide bonds. The molecule has 0 fully saturated rings. The molecule has 3 nitrogen and oxygen atoms in total. The van der Waals surface area contributed by atoms with Crippen molar-refractivity contribution in [2.45, 2.75) is 26.7 Å². The number of H-pyrrole nitrogens is 1. The molecule has 1 N–H and O–H groups in total. The molecule has 4 aromatic rings. The van der Waals surface area contributed by atoms with E-state index in [-0.39, 0.29) is 11.6 Å². The molecule has 0 bridgehead atoms. The molecule has 0 saturated heterocycles. The lowest BCUT2D eigenvalue weighted by Crippen LogP contribution is -1.96. The van der Waals surface area contributed by atoms with Gasteiger partial charge in [0.1, 0.15) is 5.82 Å². The molecular weight excluding hydrogens is 435 g/mol. The van der Waals surface area contributed by atoms with E-state index in [4.69, 9.17) is 11.6 Å². The number of nitrogens with zero attached hydrogens (tertiary/aromatic N) is 1. The zero-order valence-electron chi connectivity index (χ0n) is 18.5. The second kappa shape index (κ2) is 9.97. The molecule has 0 unspecified atom stereocenters. The molecule has 0 radical (unpaired) electrons. The summed E-state index contributed by atoms with van der Waals surface area (Å²) in [6, 6.07) is 18.7. The number of hydrogen-bond donors (Lipinski definition) is 1. The Morgan fingerprint density at radius 2 is 1.76 bits per heavy atom. The summed E-state index contributed by atoms with van der Waals surface area (Å²) < 4.78 is 13.8. The molecule has 0 atom stereocenters. The average Bonchev–Trinajstić information content (AvgIpc) is 3.30. The number of allylic oxidation sites excluding steroid dienone is 2. The summed E-state index contributed by atoms with van der Waals surface area (Å²) in [6.45, 7) is 3.91. The maximum absolute atomic E-state index is 13.8. The first kappa shape index (κ1) is 22.7. The second-order valence-corrected chi connectivity index (χ2v) is 8.19. The third kappa shape index (κ3) is 4.96. The van der Waals surface area contributed by atoms with Gasteiger partial charge in [0.05, 0.1) is 16.7 Å². The number of nitrogens with one attached hydrogen (secondary N) is 1. The van der Waals surface area contributed by atoms with Crippen molar-refractivity contribution in [2.24, 2.45) is 0 Å². The normalized spacial score (nSPS) is 12.4. The summed E-state index contributed by atoms with van der Waals surface area (Å²) in [5.41, 5.74) is 6.78. The van der Waals surface area contributed by atoms with E-state index >= 15 is 0 Å². The molecule has 3 aromatic carbocycles. The summed E-state index contributed by atoms with van der Waals surface area (Å²) in [4.78, 5) is 11.6. The van der Waals surface area contributed by atoms with Gasteiger partial charge in [-0.1, -0.05) is 67.9 Å². The highest BCUT2D eigenvalue weighted by molar-refractivity contribution is 6.32. The van der Waals surface area contributed by atoms with Crippen molar-refractivity contribution in [3.05, 3.63) is 106 Å². The standard InChI is InChI=1S/C28H24ClFN2O/c1-3-23(33)12-7-18-5-8-19(9-6-18)28(20-10-14-27-21(15-20)17-31-32-27)24(4-2)25-13-11-22(30)16-26(25)29/h5-17H,3-4H2,1-2H3,(H,31,32)/b12-7+,28-24+. The number of carbonyl (C=O) groups excluding carboxylic acids is 1. The van der Waals surface area contributed by atoms with Crippen LogP contribution in [0.15, 0.2) is 72.9 Å². The number of rotatable bonds is 7. The first-order chi connectivity index (χ1) is 16.0. The molecule has 1 aromatic heterocycles. The molecule has 0 aliphatic carbocycles. The number of fused-ring (bicyclic) bond motifs is 1. The second-order valence-electron chi connectivity index (χ2n) is 7.78. The van der Waals surface area contributed by atoms with Gasteiger partial charge in [0.2, 0.25) is 0 Å². The van der Waals surface area contributed by atoms with Crippen molar-refractivity contribution >= 4 is 45.5 Å². The van der Waals surface area contributed by atoms with Crippen LogP contribution in [0.2, 0.25) is 5.02 Å². The number of carbonyl (C=O) groups is 1. The monoisotopic (exact) mass is 458 g/mol. The Kier molecular flexibility index (Phi) is 6.85. The van der Waals surface area contributed by atoms with Gasteiger partial charge in [0.25, 0.3) is 0 Å². The van der Waals surface area contributed by atoms with Crippen LogP contribution in [-0.2, 0) is 4.79 Å². The van der Waals surface area contributed by atoms with Crippen LogP contribution < -0.4 is 0 Å². The van der Waals surface area contributed by atoms with E-state index in [2.05, 4.69) is 29.3 Å². The van der Waals surface area contributed by atoms with Gasteiger partial charge in [0.15, 0.2) is 5.78 Å². The first-order valence-corrected chi connectivity index (χ1v) is 11.3. The van der Waals surface area contributed by atoms with E-state index in [1.807, 2.05) is 43.3 Å². The van der Waals surface area contributed by atoms with Crippen LogP contribution in [0.3, 0.4) is 0 Å². The topological polar surface area (TPSA) is 45.8 Å². The number of aromatic amines is 1. The van der Waals surface area contributed by atoms with E-state index < -0.39 is 0 Å². The van der Waals surface area contributed by atoms with E-state index in [9.17, 15) is 9.18 Å². The maximum atomic E-state index is 13.8. The van der Waals surface area contributed by atoms with Gasteiger partial charge >= 0.3 is 0 Å². The maximum Gasteiger partial charge on any atom is 0.155 e. The highest BCUT2D eigenvalue weighted by Gasteiger charge is 2.16. The van der Waals surface area contributed by atoms with Crippen LogP contribution in [0.5, 0.6) is 0 Å². The van der Waals surface area contributed by atoms with Crippen molar-refractivity contribution in [1.82, 2.24) is 10.2 Å². The van der Waals surface area contributed by atoms with Gasteiger partial charge in [-0.3, -0.25) is 9.89 Å². The van der Waals surface area contributed by atoms with Crippen LogP contribution in [0.4, 0.5) is 4.39 Å². The van der Waals surface area contributed by atoms with Gasteiger partial charge in [-0.15, -0.1) is 0 Å². The Bertz CT molecular complexity index is 1370. The summed E-state index contributed by atoms with van der Waals surface area (Å²) >= 11 is 6.48. The number of halogens is 2. The third-order valence-electron chi connectivity index (χ3n) is 5.65. The molecule has 166 valence electrons. The molecule has 5 heteroatoms. The van der Waals surface area contributed by atoms with Crippen molar-refractivity contribution < 1.29 is 9.18 Å². The molecule has 4 rings (SSSR count). The Morgan fingerprint density at radius 1 is 1.00 bits per heavy atom. The van der Waals surface area contributed by atoms with Gasteiger partial charge in [-0.05, 0) is 70.2 Å². The number of hydrogen-bond acceptors (Lipinski definition) is 2. The Hall–Kier alpha value is -3.50. The van der Waals surface area contributed by atoms with Crippen molar-refractivity contribution in [1.29, 1.82) is 0 Å². The largest absolute Gasteiger partial charge is 0.295 e. The van der Waals surface area contributed by atoms with Crippen molar-refractivity contribution in [3.8, 4) is 0 Å². The van der Waals surface area contributed by atoms with E-state index in [1.165, 1.54) is 12.1 Å². The molecule has 0 spiro atoms. The fourth-order valence-corrected chi connectivity index (χ4v) is 4.20. The summed E-state index contributed by atoms with van der Waals surface area (Å²) in [5.74, 6) is -0.273. The van der Waals surface area contributed by atoms with Crippen LogP contribution in [-0.4, -0.2) is 16.0 Å². The third-order valence-corrected chi connectivity index (χ3v) is 5.96. The van der Waals surface area contributed by atoms with Crippen LogP contribution in [0.1, 0.15) is 48.9 Å². The predicted octanol–water partition coefficient (Wildman–Crippen LogP) is 7.72. The lowest BCUT2D eigenvalue weighted by Gasteiger charge is -2.18. The zero-order chi connectivity index (χ0) is 23.4. The van der Waals surface area contributed by atoms with E-state index in [1.54, 1.807) is 18.3 Å². The summed E-state index contributed by atoms with van der Waals surface area (Å²) in [6.07, 6.45) is 6.42. The fraction of sp³-hybridized carbons (Fsp3) is 0.143. The molecule has 1 heterocycles. The molecule has 0 aliphatic heterocycles. The lowest BCUT2D eigenvalue weighted by molar-refractivity contribution is -0.114. The van der Waals surface area contributed by atoms with Gasteiger partial charge in [-0.25, -0.2) is 4.39 Å². The highest BCUT2D eigenvalue weighted by atomic mass is 35.5. The first-order valence-electron chi connectivity index (χ1n) is 10.9. The van der Waals surface area contributed by atoms with Gasteiger partial charge in [0, 0.05) is 11.8 Å². The number of aromatic nitrogens is 2. The van der Waals surface area contributed by atoms with E-state index in [0.29, 0.717) is 17.9 Å². The lowest BCUT2D eigenvalue weighted by atomic mass is 9.87. The Morgan fingerprint density at radius 3 is 2.45 bits per heavy atom. The summed E-state index contributed by atoms with van der Waals surface area (Å²) in [5, 5.41) is 8.51. The predicted molar refractivity (Wildman–Crippen MR) is 134 cm³/mol. The minimum atomic E-state index is -0.363. The Balaban J connectivity index is 1.90. The summed E-state index contributed by atoms with van der Waals surface area (Å²) in [7, 11) is 0.